The van der Waals surface area contributed by atoms with E-state index in [0.29, 0.717) is 0 Å². The number of ether oxygens (including phenoxy) is 1. The molecule has 1 fully saturated rings. The van der Waals surface area contributed by atoms with E-state index in [9.17, 15) is 18.0 Å². The van der Waals surface area contributed by atoms with Crippen LogP contribution in [0.3, 0.4) is 0 Å². The van der Waals surface area contributed by atoms with Crippen LogP contribution in [0, 0.1) is 0 Å². The van der Waals surface area contributed by atoms with Crippen molar-refractivity contribution in [1.29, 1.82) is 0 Å². The van der Waals surface area contributed by atoms with E-state index in [-0.39, 0.29) is 5.34 Å². The topological polar surface area (TPSA) is 70.1 Å². The number of morpholine rings is 1. The number of hydrogen-bond acceptors (Lipinski definition) is 4. The van der Waals surface area contributed by atoms with Crippen LogP contribution in [0.1, 0.15) is 0 Å². The van der Waals surface area contributed by atoms with E-state index in [2.05, 4.69) is 11.9 Å². The molecule has 0 radical (unpaired) electrons. The minimum Gasteiger partial charge on any atom is -0.475 e. The number of aliphatic carboxylic acids is 1. The van der Waals surface area contributed by atoms with E-state index in [1.54, 1.807) is 14.1 Å². The fourth-order valence-electron chi connectivity index (χ4n) is 0.655. The highest BCUT2D eigenvalue weighted by molar-refractivity contribution is 6.40. The lowest BCUT2D eigenvalue weighted by Crippen LogP contribution is -2.32. The quantitative estimate of drug-likeness (QED) is 0.560. The first-order valence-electron chi connectivity index (χ1n) is 5.82. The fraction of sp³-hybridized carbons (Fsp3) is 0.818. The van der Waals surface area contributed by atoms with Crippen molar-refractivity contribution in [3.63, 3.8) is 0 Å². The van der Waals surface area contributed by atoms with Gasteiger partial charge >= 0.3 is 12.1 Å². The number of likely N-dealkylation sites (N-methyl/N-ethyl adjacent to an activating group) is 1. The van der Waals surface area contributed by atoms with Crippen LogP contribution < -0.4 is 0 Å². The van der Waals surface area contributed by atoms with Crippen molar-refractivity contribution in [3.8, 4) is 0 Å². The lowest BCUT2D eigenvalue weighted by atomic mass is 10.5. The smallest absolute Gasteiger partial charge is 0.475 e. The molecule has 0 atom stereocenters. The summed E-state index contributed by atoms with van der Waals surface area (Å²) in [5, 5.41) is 7.32. The highest BCUT2D eigenvalue weighted by Crippen LogP contribution is 2.13. The lowest BCUT2D eigenvalue weighted by Gasteiger charge is -2.21. The number of carbonyl (C=O) groups is 2. The van der Waals surface area contributed by atoms with Gasteiger partial charge in [-0.15, -0.1) is 23.2 Å². The maximum atomic E-state index is 10.6. The molecule has 11 heteroatoms. The molecule has 1 aliphatic rings. The SMILES string of the molecule is CN(C)C=O.CN1CCOCC1.ClCCl.O=C(O)C(F)(F)F. The van der Waals surface area contributed by atoms with Crippen molar-refractivity contribution in [2.45, 2.75) is 6.18 Å². The summed E-state index contributed by atoms with van der Waals surface area (Å²) in [5.41, 5.74) is 0. The second kappa shape index (κ2) is 16.6. The molecule has 0 spiro atoms. The molecular weight excluding hydrogens is 352 g/mol. The summed E-state index contributed by atoms with van der Waals surface area (Å²) in [6, 6.07) is 0. The summed E-state index contributed by atoms with van der Waals surface area (Å²) >= 11 is 9.53. The van der Waals surface area contributed by atoms with Crippen LogP contribution >= 0.6 is 23.2 Å². The van der Waals surface area contributed by atoms with Gasteiger partial charge in [-0.05, 0) is 7.05 Å². The summed E-state index contributed by atoms with van der Waals surface area (Å²) in [7, 11) is 5.49. The summed E-state index contributed by atoms with van der Waals surface area (Å²) in [4.78, 5) is 22.0. The number of halogens is 5. The Hall–Kier alpha value is -0.770. The molecule has 6 nitrogen and oxygen atoms in total. The molecule has 1 N–H and O–H groups in total. The number of nitrogens with zero attached hydrogens (tertiary/aromatic N) is 2. The van der Waals surface area contributed by atoms with E-state index in [4.69, 9.17) is 37.8 Å². The van der Waals surface area contributed by atoms with Crippen LogP contribution in [-0.2, 0) is 14.3 Å². The Labute approximate surface area is 137 Å². The van der Waals surface area contributed by atoms with Crippen LogP contribution in [0.15, 0.2) is 0 Å². The number of alkyl halides is 5. The van der Waals surface area contributed by atoms with Gasteiger partial charge in [0.25, 0.3) is 0 Å². The van der Waals surface area contributed by atoms with Gasteiger partial charge in [-0.3, -0.25) is 4.79 Å². The van der Waals surface area contributed by atoms with Crippen molar-refractivity contribution in [2.75, 3.05) is 52.8 Å². The zero-order valence-electron chi connectivity index (χ0n) is 12.6. The Kier molecular flexibility index (Phi) is 19.7. The van der Waals surface area contributed by atoms with Crippen molar-refractivity contribution in [3.05, 3.63) is 0 Å². The molecule has 0 aromatic carbocycles. The van der Waals surface area contributed by atoms with Gasteiger partial charge in [0.1, 0.15) is 0 Å². The van der Waals surface area contributed by atoms with Crippen LogP contribution in [0.4, 0.5) is 13.2 Å². The molecule has 1 amide bonds. The van der Waals surface area contributed by atoms with Crippen LogP contribution in [0.2, 0.25) is 0 Å². The molecule has 1 heterocycles. The molecule has 134 valence electrons. The molecule has 22 heavy (non-hydrogen) atoms. The third-order valence-electron chi connectivity index (χ3n) is 1.69. The number of carboxylic acid groups (broad SMARTS) is 1. The first kappa shape index (κ1) is 26.1. The predicted molar refractivity (Wildman–Crippen MR) is 78.3 cm³/mol. The Morgan fingerprint density at radius 2 is 1.59 bits per heavy atom. The molecular formula is C11H21Cl2F3N2O4. The molecule has 0 unspecified atom stereocenters. The van der Waals surface area contributed by atoms with Crippen LogP contribution in [0.5, 0.6) is 0 Å². The molecule has 0 aromatic heterocycles. The largest absolute Gasteiger partial charge is 0.490 e. The highest BCUT2D eigenvalue weighted by atomic mass is 35.5. The molecule has 0 bridgehead atoms. The summed E-state index contributed by atoms with van der Waals surface area (Å²) in [5.74, 6) is -2.76. The number of carbonyl (C=O) groups excluding carboxylic acids is 1. The van der Waals surface area contributed by atoms with Gasteiger partial charge in [0.05, 0.1) is 18.6 Å². The average Bonchev–Trinajstić information content (AvgIpc) is 2.40. The van der Waals surface area contributed by atoms with E-state index in [1.807, 2.05) is 0 Å². The zero-order chi connectivity index (χ0) is 18.2. The minimum absolute atomic E-state index is 0.194. The number of carboxylic acids is 1. The molecule has 1 aliphatic heterocycles. The molecule has 0 saturated carbocycles. The summed E-state index contributed by atoms with van der Waals surface area (Å²) < 4.78 is 36.8. The number of rotatable bonds is 1. The summed E-state index contributed by atoms with van der Waals surface area (Å²) in [6.07, 6.45) is -4.33. The third kappa shape index (κ3) is 27.6. The van der Waals surface area contributed by atoms with Crippen LogP contribution in [0.25, 0.3) is 0 Å². The Morgan fingerprint density at radius 1 is 1.32 bits per heavy atom. The maximum absolute atomic E-state index is 10.6. The van der Waals surface area contributed by atoms with Gasteiger partial charge in [-0.1, -0.05) is 0 Å². The third-order valence-corrected chi connectivity index (χ3v) is 1.69. The van der Waals surface area contributed by atoms with E-state index < -0.39 is 12.1 Å². The molecule has 0 aliphatic carbocycles. The first-order chi connectivity index (χ1) is 10.0. The van der Waals surface area contributed by atoms with Gasteiger partial charge < -0.3 is 19.6 Å². The van der Waals surface area contributed by atoms with Gasteiger partial charge in [0.2, 0.25) is 6.41 Å². The normalized spacial score (nSPS) is 14.0. The van der Waals surface area contributed by atoms with Gasteiger partial charge in [0.15, 0.2) is 0 Å². The minimum atomic E-state index is -5.08. The van der Waals surface area contributed by atoms with Crippen molar-refractivity contribution >= 4 is 35.6 Å². The Morgan fingerprint density at radius 3 is 1.68 bits per heavy atom. The first-order valence-corrected chi connectivity index (χ1v) is 6.89. The van der Waals surface area contributed by atoms with Crippen molar-refractivity contribution < 1.29 is 32.6 Å². The highest BCUT2D eigenvalue weighted by Gasteiger charge is 2.38. The fourth-order valence-corrected chi connectivity index (χ4v) is 0.655. The summed E-state index contributed by atoms with van der Waals surface area (Å²) in [6.45, 7) is 4.02. The predicted octanol–water partition coefficient (Wildman–Crippen LogP) is 1.71. The van der Waals surface area contributed by atoms with Gasteiger partial charge in [-0.25, -0.2) is 4.79 Å². The zero-order valence-corrected chi connectivity index (χ0v) is 14.1. The van der Waals surface area contributed by atoms with Crippen LogP contribution in [-0.4, -0.2) is 86.2 Å². The van der Waals surface area contributed by atoms with E-state index >= 15 is 0 Å². The standard InChI is InChI=1S/C5H11NO.C3H7NO.C2HF3O2.CH2Cl2/c1-6-2-4-7-5-3-6;1-4(2)3-5;3-2(4,5)1(6)7;2-1-3/h2-5H2,1H3;3H,1-2H3;(H,6,7);1H2. The number of amides is 1. The second-order valence-electron chi connectivity index (χ2n) is 3.89. The molecule has 1 rings (SSSR count). The average molecular weight is 373 g/mol. The van der Waals surface area contributed by atoms with Crippen molar-refractivity contribution in [1.82, 2.24) is 9.80 Å². The molecule has 1 saturated heterocycles. The maximum Gasteiger partial charge on any atom is 0.490 e. The van der Waals surface area contributed by atoms with E-state index in [1.165, 1.54) is 4.90 Å². The molecule has 0 aromatic rings. The second-order valence-corrected chi connectivity index (χ2v) is 4.70. The Balaban J connectivity index is -0.000000229. The van der Waals surface area contributed by atoms with Crippen molar-refractivity contribution in [2.24, 2.45) is 0 Å². The lowest BCUT2D eigenvalue weighted by molar-refractivity contribution is -0.192. The Bertz CT molecular complexity index is 277. The monoisotopic (exact) mass is 372 g/mol. The van der Waals surface area contributed by atoms with Gasteiger partial charge in [-0.2, -0.15) is 13.2 Å². The van der Waals surface area contributed by atoms with Gasteiger partial charge in [0, 0.05) is 27.2 Å². The number of hydrogen-bond donors (Lipinski definition) is 1. The van der Waals surface area contributed by atoms with E-state index in [0.717, 1.165) is 32.7 Å².